The van der Waals surface area contributed by atoms with Crippen LogP contribution >= 0.6 is 0 Å². The Morgan fingerprint density at radius 2 is 1.91 bits per heavy atom. The van der Waals surface area contributed by atoms with E-state index in [1.165, 1.54) is 0 Å². The van der Waals surface area contributed by atoms with Crippen LogP contribution in [0.5, 0.6) is 0 Å². The molecule has 2 atom stereocenters. The fraction of sp³-hybridized carbons (Fsp3) is 0.312. The highest BCUT2D eigenvalue weighted by Crippen LogP contribution is 2.39. The summed E-state index contributed by atoms with van der Waals surface area (Å²) in [5.41, 5.74) is 2.88. The van der Waals surface area contributed by atoms with E-state index in [1.54, 1.807) is 9.36 Å². The van der Waals surface area contributed by atoms with Crippen molar-refractivity contribution in [3.8, 4) is 5.95 Å². The number of alkyl halides is 1. The minimum Gasteiger partial charge on any atom is -0.239 e. The van der Waals surface area contributed by atoms with Gasteiger partial charge in [-0.2, -0.15) is 10.1 Å². The molecular formula is C16H16FN5. The lowest BCUT2D eigenvalue weighted by Gasteiger charge is -2.11. The van der Waals surface area contributed by atoms with Crippen LogP contribution in [0.4, 0.5) is 4.39 Å². The third-order valence-corrected chi connectivity index (χ3v) is 4.04. The first kappa shape index (κ1) is 13.2. The fourth-order valence-electron chi connectivity index (χ4n) is 3.04. The highest BCUT2D eigenvalue weighted by molar-refractivity contribution is 5.26. The Labute approximate surface area is 127 Å². The molecule has 6 heteroatoms. The summed E-state index contributed by atoms with van der Waals surface area (Å²) in [6.07, 6.45) is -0.708. The molecule has 112 valence electrons. The average molecular weight is 297 g/mol. The minimum absolute atomic E-state index is 0.107. The molecule has 0 unspecified atom stereocenters. The molecule has 1 aliphatic heterocycles. The number of fused-ring (bicyclic) bond motifs is 1. The van der Waals surface area contributed by atoms with E-state index in [-0.39, 0.29) is 6.04 Å². The highest BCUT2D eigenvalue weighted by atomic mass is 19.1. The number of hydrogen-bond acceptors (Lipinski definition) is 3. The molecule has 0 spiro atoms. The maximum absolute atomic E-state index is 14.3. The second kappa shape index (κ2) is 4.76. The summed E-state index contributed by atoms with van der Waals surface area (Å²) < 4.78 is 17.7. The first-order valence-corrected chi connectivity index (χ1v) is 7.32. The van der Waals surface area contributed by atoms with E-state index in [2.05, 4.69) is 15.2 Å². The summed E-state index contributed by atoms with van der Waals surface area (Å²) in [5.74, 6) is 0.820. The number of nitrogens with zero attached hydrogens (tertiary/aromatic N) is 5. The molecule has 5 nitrogen and oxygen atoms in total. The van der Waals surface area contributed by atoms with Crippen LogP contribution < -0.4 is 0 Å². The molecule has 0 saturated heterocycles. The third-order valence-electron chi connectivity index (χ3n) is 4.04. The van der Waals surface area contributed by atoms with Crippen molar-refractivity contribution in [3.63, 3.8) is 0 Å². The lowest BCUT2D eigenvalue weighted by atomic mass is 10.0. The molecule has 22 heavy (non-hydrogen) atoms. The zero-order chi connectivity index (χ0) is 15.3. The predicted molar refractivity (Wildman–Crippen MR) is 79.7 cm³/mol. The number of halogens is 1. The van der Waals surface area contributed by atoms with Crippen LogP contribution in [0.25, 0.3) is 5.95 Å². The van der Waals surface area contributed by atoms with Gasteiger partial charge >= 0.3 is 0 Å². The predicted octanol–water partition coefficient (Wildman–Crippen LogP) is 3.08. The van der Waals surface area contributed by atoms with Crippen molar-refractivity contribution in [2.45, 2.75) is 32.5 Å². The molecule has 0 aliphatic carbocycles. The van der Waals surface area contributed by atoms with E-state index in [4.69, 9.17) is 0 Å². The molecule has 0 bridgehead atoms. The third kappa shape index (κ3) is 1.94. The SMILES string of the molecule is Cc1cc(C)n(-c2nc3n(n2)[C@H](c2ccccc2)C[C@@H]3F)n1. The smallest absolute Gasteiger partial charge is 0.239 e. The minimum atomic E-state index is -1.09. The molecule has 0 fully saturated rings. The van der Waals surface area contributed by atoms with E-state index in [1.807, 2.05) is 50.2 Å². The standard InChI is InChI=1S/C16H16FN5/c1-10-8-11(2)21(19-10)16-18-15-13(17)9-14(22(15)20-16)12-6-4-3-5-7-12/h3-8,13-14H,9H2,1-2H3/t13-,14-/m0/s1. The van der Waals surface area contributed by atoms with Crippen LogP contribution in [0.1, 0.15) is 41.4 Å². The van der Waals surface area contributed by atoms with E-state index < -0.39 is 6.17 Å². The van der Waals surface area contributed by atoms with Crippen LogP contribution in [0.3, 0.4) is 0 Å². The molecule has 0 radical (unpaired) electrons. The molecule has 0 N–H and O–H groups in total. The Bertz CT molecular complexity index is 820. The van der Waals surface area contributed by atoms with Crippen LogP contribution in [-0.2, 0) is 0 Å². The molecule has 1 aromatic carbocycles. The van der Waals surface area contributed by atoms with E-state index in [9.17, 15) is 4.39 Å². The van der Waals surface area contributed by atoms with Gasteiger partial charge < -0.3 is 0 Å². The summed E-state index contributed by atoms with van der Waals surface area (Å²) in [6.45, 7) is 3.85. The molecule has 3 aromatic rings. The zero-order valence-electron chi connectivity index (χ0n) is 12.4. The first-order chi connectivity index (χ1) is 10.6. The summed E-state index contributed by atoms with van der Waals surface area (Å²) >= 11 is 0. The quantitative estimate of drug-likeness (QED) is 0.730. The fourth-order valence-corrected chi connectivity index (χ4v) is 3.04. The van der Waals surface area contributed by atoms with Gasteiger partial charge in [0.1, 0.15) is 0 Å². The number of aromatic nitrogens is 5. The van der Waals surface area contributed by atoms with Crippen LogP contribution in [-0.4, -0.2) is 24.5 Å². The number of benzene rings is 1. The van der Waals surface area contributed by atoms with Crippen molar-refractivity contribution in [2.75, 3.05) is 0 Å². The van der Waals surface area contributed by atoms with Crippen molar-refractivity contribution in [1.29, 1.82) is 0 Å². The van der Waals surface area contributed by atoms with E-state index in [0.29, 0.717) is 18.2 Å². The van der Waals surface area contributed by atoms with Gasteiger partial charge in [-0.3, -0.25) is 0 Å². The van der Waals surface area contributed by atoms with Gasteiger partial charge in [-0.15, -0.1) is 5.10 Å². The number of hydrogen-bond donors (Lipinski definition) is 0. The van der Waals surface area contributed by atoms with Gasteiger partial charge in [0.25, 0.3) is 5.95 Å². The first-order valence-electron chi connectivity index (χ1n) is 7.32. The molecule has 0 amide bonds. The second-order valence-electron chi connectivity index (χ2n) is 5.68. The molecular weight excluding hydrogens is 281 g/mol. The van der Waals surface area contributed by atoms with Crippen molar-refractivity contribution in [1.82, 2.24) is 24.5 Å². The molecule has 1 aliphatic rings. The summed E-state index contributed by atoms with van der Waals surface area (Å²) in [4.78, 5) is 4.37. The number of rotatable bonds is 2. The average Bonchev–Trinajstić information content (AvgIpc) is 3.15. The van der Waals surface area contributed by atoms with Crippen molar-refractivity contribution >= 4 is 0 Å². The van der Waals surface area contributed by atoms with Gasteiger partial charge in [0.15, 0.2) is 12.0 Å². The Morgan fingerprint density at radius 1 is 1.14 bits per heavy atom. The number of aryl methyl sites for hydroxylation is 2. The van der Waals surface area contributed by atoms with Crippen molar-refractivity contribution < 1.29 is 4.39 Å². The van der Waals surface area contributed by atoms with Crippen LogP contribution in [0, 0.1) is 13.8 Å². The zero-order valence-corrected chi connectivity index (χ0v) is 12.4. The van der Waals surface area contributed by atoms with Crippen LogP contribution in [0.15, 0.2) is 36.4 Å². The van der Waals surface area contributed by atoms with Gasteiger partial charge in [-0.1, -0.05) is 30.3 Å². The Balaban J connectivity index is 1.79. The monoisotopic (exact) mass is 297 g/mol. The normalized spacial score (nSPS) is 20.3. The molecule has 2 aromatic heterocycles. The Hall–Kier alpha value is -2.50. The molecule has 4 rings (SSSR count). The van der Waals surface area contributed by atoms with Crippen LogP contribution in [0.2, 0.25) is 0 Å². The van der Waals surface area contributed by atoms with Crippen molar-refractivity contribution in [3.05, 3.63) is 59.2 Å². The molecule has 0 saturated carbocycles. The van der Waals surface area contributed by atoms with E-state index in [0.717, 1.165) is 17.0 Å². The summed E-state index contributed by atoms with van der Waals surface area (Å²) in [6, 6.07) is 11.7. The van der Waals surface area contributed by atoms with Gasteiger partial charge in [0, 0.05) is 12.1 Å². The Morgan fingerprint density at radius 3 is 2.59 bits per heavy atom. The van der Waals surface area contributed by atoms with Gasteiger partial charge in [-0.25, -0.2) is 13.8 Å². The van der Waals surface area contributed by atoms with E-state index >= 15 is 0 Å². The van der Waals surface area contributed by atoms with Gasteiger partial charge in [0.05, 0.1) is 11.7 Å². The maximum atomic E-state index is 14.3. The lowest BCUT2D eigenvalue weighted by molar-refractivity contribution is 0.328. The van der Waals surface area contributed by atoms with Gasteiger partial charge in [0.2, 0.25) is 0 Å². The van der Waals surface area contributed by atoms with Crippen molar-refractivity contribution in [2.24, 2.45) is 0 Å². The maximum Gasteiger partial charge on any atom is 0.270 e. The Kier molecular flexibility index (Phi) is 2.85. The topological polar surface area (TPSA) is 48.5 Å². The summed E-state index contributed by atoms with van der Waals surface area (Å²) in [7, 11) is 0. The molecule has 3 heterocycles. The van der Waals surface area contributed by atoms with Gasteiger partial charge in [-0.05, 0) is 25.5 Å². The second-order valence-corrected chi connectivity index (χ2v) is 5.68. The summed E-state index contributed by atoms with van der Waals surface area (Å²) in [5, 5.41) is 8.88. The highest BCUT2D eigenvalue weighted by Gasteiger charge is 2.35. The largest absolute Gasteiger partial charge is 0.270 e. The lowest BCUT2D eigenvalue weighted by Crippen LogP contribution is -2.09.